The minimum atomic E-state index is -3.22. The number of rotatable bonds is 4. The van der Waals surface area contributed by atoms with Gasteiger partial charge in [-0.25, -0.2) is 13.8 Å². The van der Waals surface area contributed by atoms with Gasteiger partial charge in [-0.3, -0.25) is 9.59 Å². The Morgan fingerprint density at radius 1 is 1.12 bits per heavy atom. The molecule has 2 aromatic carbocycles. The molecule has 172 valence electrons. The Labute approximate surface area is 199 Å². The highest BCUT2D eigenvalue weighted by Crippen LogP contribution is 2.32. The molecule has 34 heavy (non-hydrogen) atoms. The largest absolute Gasteiger partial charge is 0.332 e. The summed E-state index contributed by atoms with van der Waals surface area (Å²) in [4.78, 5) is 31.1. The highest BCUT2D eigenvalue weighted by Gasteiger charge is 2.44. The first-order chi connectivity index (χ1) is 16.2. The van der Waals surface area contributed by atoms with Crippen LogP contribution in [0.1, 0.15) is 22.5 Å². The van der Waals surface area contributed by atoms with Crippen molar-refractivity contribution in [3.63, 3.8) is 0 Å². The third kappa shape index (κ3) is 5.38. The molecular formula is C25H19ClF2N4O2. The van der Waals surface area contributed by atoms with E-state index in [2.05, 4.69) is 10.3 Å². The van der Waals surface area contributed by atoms with Gasteiger partial charge in [-0.05, 0) is 42.5 Å². The van der Waals surface area contributed by atoms with E-state index >= 15 is 0 Å². The van der Waals surface area contributed by atoms with Gasteiger partial charge in [0, 0.05) is 34.8 Å². The van der Waals surface area contributed by atoms with E-state index in [4.69, 9.17) is 16.9 Å². The number of aromatic nitrogens is 1. The Morgan fingerprint density at radius 2 is 1.88 bits per heavy atom. The number of hydrogen-bond acceptors (Lipinski definition) is 4. The van der Waals surface area contributed by atoms with E-state index in [1.54, 1.807) is 54.6 Å². The van der Waals surface area contributed by atoms with E-state index in [-0.39, 0.29) is 17.8 Å². The van der Waals surface area contributed by atoms with E-state index < -0.39 is 36.6 Å². The summed E-state index contributed by atoms with van der Waals surface area (Å²) in [5, 5.41) is 12.1. The van der Waals surface area contributed by atoms with Crippen LogP contribution in [-0.2, 0) is 4.79 Å². The van der Waals surface area contributed by atoms with Gasteiger partial charge in [0.2, 0.25) is 5.91 Å². The SMILES string of the molecule is N#Cc1cccc(-c2cccc(C(=O)N3CC(C(=O)Nc4cccc(Cl)c4)CC(F)(F)C3)c2)n1. The summed E-state index contributed by atoms with van der Waals surface area (Å²) in [5.74, 6) is -5.53. The van der Waals surface area contributed by atoms with Gasteiger partial charge < -0.3 is 10.2 Å². The van der Waals surface area contributed by atoms with Gasteiger partial charge in [0.05, 0.1) is 18.2 Å². The van der Waals surface area contributed by atoms with Crippen molar-refractivity contribution in [3.8, 4) is 17.3 Å². The van der Waals surface area contributed by atoms with Crippen LogP contribution in [0.4, 0.5) is 14.5 Å². The third-order valence-corrected chi connectivity index (χ3v) is 5.66. The van der Waals surface area contributed by atoms with E-state index in [9.17, 15) is 18.4 Å². The molecule has 1 aromatic heterocycles. The first-order valence-electron chi connectivity index (χ1n) is 10.5. The van der Waals surface area contributed by atoms with Crippen LogP contribution in [0.25, 0.3) is 11.3 Å². The summed E-state index contributed by atoms with van der Waals surface area (Å²) in [5.41, 5.74) is 1.86. The minimum absolute atomic E-state index is 0.146. The maximum absolute atomic E-state index is 14.5. The number of nitrogens with one attached hydrogen (secondary N) is 1. The predicted octanol–water partition coefficient (Wildman–Crippen LogP) is 5.01. The molecule has 2 heterocycles. The Balaban J connectivity index is 1.54. The molecule has 1 aliphatic heterocycles. The van der Waals surface area contributed by atoms with Crippen molar-refractivity contribution >= 4 is 29.1 Å². The van der Waals surface area contributed by atoms with Crippen molar-refractivity contribution in [3.05, 3.63) is 83.0 Å². The molecule has 6 nitrogen and oxygen atoms in total. The molecule has 0 radical (unpaired) electrons. The van der Waals surface area contributed by atoms with Crippen molar-refractivity contribution in [2.75, 3.05) is 18.4 Å². The molecular weight excluding hydrogens is 462 g/mol. The summed E-state index contributed by atoms with van der Waals surface area (Å²) in [7, 11) is 0. The van der Waals surface area contributed by atoms with Crippen molar-refractivity contribution in [2.24, 2.45) is 5.92 Å². The Hall–Kier alpha value is -3.83. The second-order valence-electron chi connectivity index (χ2n) is 8.04. The average molecular weight is 481 g/mol. The fourth-order valence-electron chi connectivity index (χ4n) is 3.89. The number of piperidine rings is 1. The maximum atomic E-state index is 14.5. The van der Waals surface area contributed by atoms with Crippen molar-refractivity contribution in [1.29, 1.82) is 5.26 Å². The lowest BCUT2D eigenvalue weighted by molar-refractivity contribution is -0.130. The second-order valence-corrected chi connectivity index (χ2v) is 8.48. The molecule has 3 aromatic rings. The van der Waals surface area contributed by atoms with E-state index in [0.29, 0.717) is 22.0 Å². The molecule has 1 atom stereocenters. The molecule has 4 rings (SSSR count). The molecule has 1 unspecified atom stereocenters. The number of carbonyl (C=O) groups excluding carboxylic acids is 2. The number of hydrogen-bond donors (Lipinski definition) is 1. The van der Waals surface area contributed by atoms with E-state index in [1.165, 1.54) is 12.1 Å². The Bertz CT molecular complexity index is 1290. The lowest BCUT2D eigenvalue weighted by Crippen LogP contribution is -2.52. The lowest BCUT2D eigenvalue weighted by atomic mass is 9.93. The number of nitrogens with zero attached hydrogens (tertiary/aromatic N) is 3. The zero-order chi connectivity index (χ0) is 24.3. The van der Waals surface area contributed by atoms with Gasteiger partial charge >= 0.3 is 0 Å². The number of alkyl halides is 2. The molecule has 0 bridgehead atoms. The fourth-order valence-corrected chi connectivity index (χ4v) is 4.08. The van der Waals surface area contributed by atoms with Gasteiger partial charge in [0.15, 0.2) is 0 Å². The maximum Gasteiger partial charge on any atom is 0.266 e. The predicted molar refractivity (Wildman–Crippen MR) is 123 cm³/mol. The zero-order valence-corrected chi connectivity index (χ0v) is 18.6. The zero-order valence-electron chi connectivity index (χ0n) is 17.8. The Kier molecular flexibility index (Phi) is 6.57. The van der Waals surface area contributed by atoms with Crippen LogP contribution < -0.4 is 5.32 Å². The van der Waals surface area contributed by atoms with Gasteiger partial charge in [-0.2, -0.15) is 5.26 Å². The minimum Gasteiger partial charge on any atom is -0.332 e. The standard InChI is InChI=1S/C25H19ClF2N4O2/c26-19-6-2-7-20(11-19)31-23(33)18-12-25(27,28)15-32(14-18)24(34)17-5-1-4-16(10-17)22-9-3-8-21(13-29)30-22/h1-11,18H,12,14-15H2,(H,31,33). The topological polar surface area (TPSA) is 86.1 Å². The van der Waals surface area contributed by atoms with Crippen LogP contribution in [0.15, 0.2) is 66.7 Å². The number of carbonyl (C=O) groups is 2. The highest BCUT2D eigenvalue weighted by molar-refractivity contribution is 6.30. The summed E-state index contributed by atoms with van der Waals surface area (Å²) < 4.78 is 29.1. The van der Waals surface area contributed by atoms with Gasteiger partial charge in [-0.1, -0.05) is 35.9 Å². The lowest BCUT2D eigenvalue weighted by Gasteiger charge is -2.37. The van der Waals surface area contributed by atoms with Crippen molar-refractivity contribution in [2.45, 2.75) is 12.3 Å². The number of pyridine rings is 1. The number of amides is 2. The second kappa shape index (κ2) is 9.57. The molecule has 1 saturated heterocycles. The molecule has 0 spiro atoms. The van der Waals surface area contributed by atoms with Gasteiger partial charge in [0.25, 0.3) is 11.8 Å². The molecule has 9 heteroatoms. The molecule has 1 aliphatic rings. The molecule has 0 aliphatic carbocycles. The number of likely N-dealkylation sites (tertiary alicyclic amines) is 1. The smallest absolute Gasteiger partial charge is 0.266 e. The van der Waals surface area contributed by atoms with Crippen LogP contribution in [0.2, 0.25) is 5.02 Å². The van der Waals surface area contributed by atoms with Crippen LogP contribution in [-0.4, -0.2) is 40.7 Å². The number of anilines is 1. The number of nitriles is 1. The quantitative estimate of drug-likeness (QED) is 0.568. The monoisotopic (exact) mass is 480 g/mol. The average Bonchev–Trinajstić information content (AvgIpc) is 2.82. The number of benzene rings is 2. The normalized spacial score (nSPS) is 17.0. The van der Waals surface area contributed by atoms with Crippen molar-refractivity contribution < 1.29 is 18.4 Å². The first kappa shape index (κ1) is 23.3. The summed E-state index contributed by atoms with van der Waals surface area (Å²) in [6.45, 7) is -0.924. The first-order valence-corrected chi connectivity index (χ1v) is 10.8. The Morgan fingerprint density at radius 3 is 2.65 bits per heavy atom. The van der Waals surface area contributed by atoms with Crippen molar-refractivity contribution in [1.82, 2.24) is 9.88 Å². The molecule has 1 fully saturated rings. The molecule has 0 saturated carbocycles. The summed E-state index contributed by atoms with van der Waals surface area (Å²) >= 11 is 5.92. The molecule has 2 amide bonds. The van der Waals surface area contributed by atoms with Crippen LogP contribution in [0.3, 0.4) is 0 Å². The van der Waals surface area contributed by atoms with E-state index in [0.717, 1.165) is 4.90 Å². The highest BCUT2D eigenvalue weighted by atomic mass is 35.5. The van der Waals surface area contributed by atoms with Crippen LogP contribution in [0, 0.1) is 17.2 Å². The van der Waals surface area contributed by atoms with Gasteiger partial charge in [0.1, 0.15) is 11.8 Å². The molecule has 1 N–H and O–H groups in total. The summed E-state index contributed by atoms with van der Waals surface area (Å²) in [6.07, 6.45) is -0.659. The van der Waals surface area contributed by atoms with E-state index in [1.807, 2.05) is 6.07 Å². The van der Waals surface area contributed by atoms with Crippen LogP contribution in [0.5, 0.6) is 0 Å². The van der Waals surface area contributed by atoms with Crippen LogP contribution >= 0.6 is 11.6 Å². The third-order valence-electron chi connectivity index (χ3n) is 5.43. The fraction of sp³-hybridized carbons (Fsp3) is 0.200. The van der Waals surface area contributed by atoms with Gasteiger partial charge in [-0.15, -0.1) is 0 Å². The summed E-state index contributed by atoms with van der Waals surface area (Å²) in [6, 6.07) is 19.7. The number of halogens is 3.